The van der Waals surface area contributed by atoms with E-state index in [4.69, 9.17) is 14.2 Å². The summed E-state index contributed by atoms with van der Waals surface area (Å²) < 4.78 is 18.1. The fourth-order valence-electron chi connectivity index (χ4n) is 3.67. The van der Waals surface area contributed by atoms with E-state index in [-0.39, 0.29) is 11.7 Å². The van der Waals surface area contributed by atoms with Gasteiger partial charge in [0.15, 0.2) is 11.0 Å². The molecule has 0 aliphatic rings. The lowest BCUT2D eigenvalue weighted by Gasteiger charge is -2.12. The highest BCUT2D eigenvalue weighted by atomic mass is 32.2. The van der Waals surface area contributed by atoms with Crippen LogP contribution in [-0.2, 0) is 4.79 Å². The summed E-state index contributed by atoms with van der Waals surface area (Å²) in [6.07, 6.45) is 1.48. The highest BCUT2D eigenvalue weighted by molar-refractivity contribution is 7.99. The van der Waals surface area contributed by atoms with E-state index in [1.807, 2.05) is 66.9 Å². The highest BCUT2D eigenvalue weighted by Gasteiger charge is 2.17. The fourth-order valence-corrected chi connectivity index (χ4v) is 4.41. The Hall–Kier alpha value is -4.31. The molecule has 38 heavy (non-hydrogen) atoms. The molecule has 0 aliphatic heterocycles. The van der Waals surface area contributed by atoms with Gasteiger partial charge in [-0.3, -0.25) is 9.36 Å². The number of amides is 1. The molecule has 3 aromatic carbocycles. The molecule has 0 fully saturated rings. The van der Waals surface area contributed by atoms with Crippen LogP contribution in [0.2, 0.25) is 0 Å². The van der Waals surface area contributed by atoms with Gasteiger partial charge in [-0.15, -0.1) is 10.2 Å². The number of nitrogens with one attached hydrogen (secondary N) is 1. The van der Waals surface area contributed by atoms with Crippen LogP contribution in [0.1, 0.15) is 16.7 Å². The van der Waals surface area contributed by atoms with Gasteiger partial charge in [0.05, 0.1) is 38.9 Å². The van der Waals surface area contributed by atoms with Gasteiger partial charge >= 0.3 is 0 Å². The van der Waals surface area contributed by atoms with Gasteiger partial charge in [-0.1, -0.05) is 59.3 Å². The molecular weight excluding hydrogens is 502 g/mol. The number of hydrazone groups is 1. The molecule has 0 radical (unpaired) electrons. The Labute approximate surface area is 225 Å². The molecule has 4 rings (SSSR count). The third kappa shape index (κ3) is 6.15. The molecule has 0 atom stereocenters. The lowest BCUT2D eigenvalue weighted by molar-refractivity contribution is -0.118. The van der Waals surface area contributed by atoms with Crippen molar-refractivity contribution in [3.05, 3.63) is 77.4 Å². The Kier molecular flexibility index (Phi) is 8.65. The fraction of sp³-hybridized carbons (Fsp3) is 0.214. The van der Waals surface area contributed by atoms with E-state index in [1.54, 1.807) is 19.2 Å². The summed E-state index contributed by atoms with van der Waals surface area (Å²) >= 11 is 1.28. The van der Waals surface area contributed by atoms with Crippen LogP contribution < -0.4 is 19.6 Å². The molecule has 0 saturated carbocycles. The predicted octanol–water partition coefficient (Wildman–Crippen LogP) is 4.82. The number of nitrogens with zero attached hydrogens (tertiary/aromatic N) is 4. The first-order valence-electron chi connectivity index (χ1n) is 11.8. The summed E-state index contributed by atoms with van der Waals surface area (Å²) in [4.78, 5) is 12.6. The van der Waals surface area contributed by atoms with Gasteiger partial charge in [0.1, 0.15) is 17.2 Å². The number of carbonyl (C=O) groups is 1. The van der Waals surface area contributed by atoms with Crippen LogP contribution in [0.25, 0.3) is 17.1 Å². The SMILES string of the molecule is COc1cc(OC)c(C=NNC(=O)CSc2nnc(-c3ccc(C)cc3)n2-c2ccc(C)cc2)c(OC)c1. The minimum absolute atomic E-state index is 0.0894. The molecular formula is C28H29N5O4S. The second kappa shape index (κ2) is 12.3. The van der Waals surface area contributed by atoms with Crippen LogP contribution in [0.15, 0.2) is 70.9 Å². The number of aryl methyl sites for hydroxylation is 2. The van der Waals surface area contributed by atoms with E-state index in [2.05, 4.69) is 20.7 Å². The Morgan fingerprint density at radius 3 is 2.11 bits per heavy atom. The standard InChI is InChI=1S/C28H29N5O4S/c1-18-6-10-20(11-7-18)27-31-32-28(33(27)21-12-8-19(2)9-13-21)38-17-26(34)30-29-16-23-24(36-4)14-22(35-3)15-25(23)37-5/h6-16H,17H2,1-5H3,(H,30,34). The largest absolute Gasteiger partial charge is 0.496 e. The van der Waals surface area contributed by atoms with E-state index >= 15 is 0 Å². The first kappa shape index (κ1) is 26.7. The van der Waals surface area contributed by atoms with Gasteiger partial charge in [-0.25, -0.2) is 5.43 Å². The van der Waals surface area contributed by atoms with Crippen LogP contribution >= 0.6 is 11.8 Å². The summed E-state index contributed by atoms with van der Waals surface area (Å²) in [6.45, 7) is 4.08. The number of aromatic nitrogens is 3. The van der Waals surface area contributed by atoms with Crippen molar-refractivity contribution in [2.45, 2.75) is 19.0 Å². The lowest BCUT2D eigenvalue weighted by atomic mass is 10.1. The molecule has 9 nitrogen and oxygen atoms in total. The van der Waals surface area contributed by atoms with Crippen LogP contribution in [0.5, 0.6) is 17.2 Å². The molecule has 1 N–H and O–H groups in total. The van der Waals surface area contributed by atoms with Crippen molar-refractivity contribution < 1.29 is 19.0 Å². The number of benzene rings is 3. The lowest BCUT2D eigenvalue weighted by Crippen LogP contribution is -2.20. The second-order valence-corrected chi connectivity index (χ2v) is 9.31. The van der Waals surface area contributed by atoms with Gasteiger partial charge < -0.3 is 14.2 Å². The maximum atomic E-state index is 12.6. The molecule has 0 unspecified atom stereocenters. The van der Waals surface area contributed by atoms with Gasteiger partial charge in [0.25, 0.3) is 5.91 Å². The predicted molar refractivity (Wildman–Crippen MR) is 149 cm³/mol. The molecule has 0 aliphatic carbocycles. The van der Waals surface area contributed by atoms with Crippen LogP contribution in [0.3, 0.4) is 0 Å². The number of ether oxygens (including phenoxy) is 3. The monoisotopic (exact) mass is 531 g/mol. The van der Waals surface area contributed by atoms with Crippen molar-refractivity contribution in [2.75, 3.05) is 27.1 Å². The molecule has 196 valence electrons. The van der Waals surface area contributed by atoms with Gasteiger partial charge in [-0.05, 0) is 26.0 Å². The molecule has 4 aromatic rings. The van der Waals surface area contributed by atoms with Gasteiger partial charge in [0.2, 0.25) is 0 Å². The topological polar surface area (TPSA) is 99.9 Å². The zero-order valence-electron chi connectivity index (χ0n) is 21.9. The van der Waals surface area contributed by atoms with E-state index in [1.165, 1.54) is 32.2 Å². The van der Waals surface area contributed by atoms with Crippen LogP contribution in [0.4, 0.5) is 0 Å². The number of thioether (sulfide) groups is 1. The average molecular weight is 532 g/mol. The van der Waals surface area contributed by atoms with Crippen molar-refractivity contribution in [3.63, 3.8) is 0 Å². The van der Waals surface area contributed by atoms with E-state index in [9.17, 15) is 4.79 Å². The minimum Gasteiger partial charge on any atom is -0.496 e. The Bertz CT molecular complexity index is 1410. The summed E-state index contributed by atoms with van der Waals surface area (Å²) in [6, 6.07) is 19.6. The molecule has 0 bridgehead atoms. The van der Waals surface area contributed by atoms with Gasteiger partial charge in [-0.2, -0.15) is 5.10 Å². The Balaban J connectivity index is 1.51. The summed E-state index contributed by atoms with van der Waals surface area (Å²) in [7, 11) is 4.63. The van der Waals surface area contributed by atoms with Crippen LogP contribution in [-0.4, -0.2) is 54.0 Å². The molecule has 0 spiro atoms. The normalized spacial score (nSPS) is 11.0. The Morgan fingerprint density at radius 2 is 1.53 bits per heavy atom. The zero-order valence-corrected chi connectivity index (χ0v) is 22.7. The minimum atomic E-state index is -0.298. The number of rotatable bonds is 10. The smallest absolute Gasteiger partial charge is 0.250 e. The number of hydrogen-bond donors (Lipinski definition) is 1. The second-order valence-electron chi connectivity index (χ2n) is 8.37. The quantitative estimate of drug-likeness (QED) is 0.178. The van der Waals surface area contributed by atoms with Crippen molar-refractivity contribution in [3.8, 4) is 34.3 Å². The molecule has 1 heterocycles. The van der Waals surface area contributed by atoms with Crippen molar-refractivity contribution in [2.24, 2.45) is 5.10 Å². The van der Waals surface area contributed by atoms with Crippen molar-refractivity contribution in [1.82, 2.24) is 20.2 Å². The van der Waals surface area contributed by atoms with Crippen molar-refractivity contribution >= 4 is 23.9 Å². The number of carbonyl (C=O) groups excluding carboxylic acids is 1. The summed E-state index contributed by atoms with van der Waals surface area (Å²) in [5.41, 5.74) is 7.29. The number of hydrogen-bond acceptors (Lipinski definition) is 8. The average Bonchev–Trinajstić information content (AvgIpc) is 3.36. The van der Waals surface area contributed by atoms with E-state index in [0.717, 1.165) is 22.4 Å². The maximum Gasteiger partial charge on any atom is 0.250 e. The summed E-state index contributed by atoms with van der Waals surface area (Å²) in [5, 5.41) is 13.5. The van der Waals surface area contributed by atoms with Crippen molar-refractivity contribution in [1.29, 1.82) is 0 Å². The summed E-state index contributed by atoms with van der Waals surface area (Å²) in [5.74, 6) is 2.08. The maximum absolute atomic E-state index is 12.6. The third-order valence-corrected chi connectivity index (χ3v) is 6.63. The zero-order chi connectivity index (χ0) is 27.1. The molecule has 10 heteroatoms. The van der Waals surface area contributed by atoms with E-state index in [0.29, 0.717) is 33.8 Å². The number of methoxy groups -OCH3 is 3. The Morgan fingerprint density at radius 1 is 0.921 bits per heavy atom. The molecule has 1 aromatic heterocycles. The first-order chi connectivity index (χ1) is 18.4. The molecule has 0 saturated heterocycles. The van der Waals surface area contributed by atoms with Crippen LogP contribution in [0, 0.1) is 13.8 Å². The highest BCUT2D eigenvalue weighted by Crippen LogP contribution is 2.33. The van der Waals surface area contributed by atoms with E-state index < -0.39 is 0 Å². The van der Waals surface area contributed by atoms with Gasteiger partial charge in [0, 0.05) is 23.4 Å². The first-order valence-corrected chi connectivity index (χ1v) is 12.8. The molecule has 1 amide bonds. The third-order valence-electron chi connectivity index (χ3n) is 5.70.